The van der Waals surface area contributed by atoms with E-state index in [4.69, 9.17) is 5.73 Å². The number of rotatable bonds is 3. The van der Waals surface area contributed by atoms with Gasteiger partial charge in [-0.15, -0.1) is 0 Å². The van der Waals surface area contributed by atoms with Crippen molar-refractivity contribution in [2.75, 3.05) is 0 Å². The maximum Gasteiger partial charge on any atom is 0.251 e. The molecule has 0 bridgehead atoms. The van der Waals surface area contributed by atoms with Gasteiger partial charge in [-0.3, -0.25) is 4.79 Å². The molecule has 1 amide bonds. The average Bonchev–Trinajstić information content (AvgIpc) is 2.96. The van der Waals surface area contributed by atoms with E-state index in [1.54, 1.807) is 4.68 Å². The van der Waals surface area contributed by atoms with Gasteiger partial charge in [0.05, 0.1) is 11.9 Å². The Morgan fingerprint density at radius 2 is 1.91 bits per heavy atom. The predicted octanol–water partition coefficient (Wildman–Crippen LogP) is 2.18. The van der Waals surface area contributed by atoms with E-state index in [9.17, 15) is 4.79 Å². The van der Waals surface area contributed by atoms with Crippen LogP contribution in [0.4, 0.5) is 0 Å². The van der Waals surface area contributed by atoms with Crippen molar-refractivity contribution in [3.05, 3.63) is 47.8 Å². The van der Waals surface area contributed by atoms with Crippen molar-refractivity contribution < 1.29 is 4.79 Å². The number of aromatic nitrogens is 2. The third-order valence-corrected chi connectivity index (χ3v) is 4.21. The van der Waals surface area contributed by atoms with Gasteiger partial charge in [0, 0.05) is 23.8 Å². The Labute approximate surface area is 130 Å². The summed E-state index contributed by atoms with van der Waals surface area (Å²) in [5.74, 6) is -0.0105. The smallest absolute Gasteiger partial charge is 0.251 e. The summed E-state index contributed by atoms with van der Waals surface area (Å²) in [5, 5.41) is 7.37. The summed E-state index contributed by atoms with van der Waals surface area (Å²) >= 11 is 0. The van der Waals surface area contributed by atoms with E-state index in [0.29, 0.717) is 11.6 Å². The second-order valence-corrected chi connectivity index (χ2v) is 6.09. The molecular weight excluding hydrogens is 276 g/mol. The minimum Gasteiger partial charge on any atom is -0.349 e. The maximum atomic E-state index is 12.3. The maximum absolute atomic E-state index is 12.3. The Balaban J connectivity index is 1.63. The van der Waals surface area contributed by atoms with Crippen LogP contribution in [0.25, 0.3) is 5.69 Å². The number of benzene rings is 1. The van der Waals surface area contributed by atoms with Crippen LogP contribution in [0.5, 0.6) is 0 Å². The number of nitrogens with zero attached hydrogens (tertiary/aromatic N) is 2. The van der Waals surface area contributed by atoms with Crippen molar-refractivity contribution in [3.63, 3.8) is 0 Å². The summed E-state index contributed by atoms with van der Waals surface area (Å²) in [4.78, 5) is 12.3. The van der Waals surface area contributed by atoms with Crippen LogP contribution < -0.4 is 11.1 Å². The van der Waals surface area contributed by atoms with Gasteiger partial charge in [0.1, 0.15) is 0 Å². The highest BCUT2D eigenvalue weighted by Crippen LogP contribution is 2.17. The Morgan fingerprint density at radius 1 is 1.23 bits per heavy atom. The number of hydrogen-bond donors (Lipinski definition) is 2. The minimum atomic E-state index is -0.0105. The normalized spacial score (nSPS) is 21.5. The molecule has 116 valence electrons. The second-order valence-electron chi connectivity index (χ2n) is 6.09. The summed E-state index contributed by atoms with van der Waals surface area (Å²) in [5.41, 5.74) is 8.64. The minimum absolute atomic E-state index is 0.0105. The molecule has 1 aliphatic rings. The number of hydrogen-bond acceptors (Lipinski definition) is 3. The first-order chi connectivity index (χ1) is 10.6. The van der Waals surface area contributed by atoms with E-state index in [-0.39, 0.29) is 11.9 Å². The van der Waals surface area contributed by atoms with Crippen LogP contribution in [0.1, 0.15) is 41.6 Å². The molecule has 1 aromatic heterocycles. The lowest BCUT2D eigenvalue weighted by Crippen LogP contribution is -2.40. The largest absolute Gasteiger partial charge is 0.349 e. The van der Waals surface area contributed by atoms with Gasteiger partial charge in [0.2, 0.25) is 0 Å². The molecule has 0 unspecified atom stereocenters. The van der Waals surface area contributed by atoms with Crippen molar-refractivity contribution in [2.24, 2.45) is 5.73 Å². The Kier molecular flexibility index (Phi) is 4.24. The van der Waals surface area contributed by atoms with E-state index in [1.807, 2.05) is 43.6 Å². The molecule has 1 fully saturated rings. The van der Waals surface area contributed by atoms with E-state index < -0.39 is 0 Å². The summed E-state index contributed by atoms with van der Waals surface area (Å²) < 4.78 is 1.81. The monoisotopic (exact) mass is 298 g/mol. The van der Waals surface area contributed by atoms with Gasteiger partial charge in [0.25, 0.3) is 5.91 Å². The first-order valence-corrected chi connectivity index (χ1v) is 7.80. The zero-order valence-corrected chi connectivity index (χ0v) is 12.8. The first kappa shape index (κ1) is 14.8. The fourth-order valence-electron chi connectivity index (χ4n) is 2.85. The number of aryl methyl sites for hydroxylation is 1. The van der Waals surface area contributed by atoms with Crippen molar-refractivity contribution in [1.82, 2.24) is 15.1 Å². The molecule has 3 N–H and O–H groups in total. The zero-order valence-electron chi connectivity index (χ0n) is 12.8. The van der Waals surface area contributed by atoms with Gasteiger partial charge in [-0.25, -0.2) is 4.68 Å². The summed E-state index contributed by atoms with van der Waals surface area (Å²) in [7, 11) is 0. The highest BCUT2D eigenvalue weighted by atomic mass is 16.1. The van der Waals surface area contributed by atoms with Gasteiger partial charge in [0.15, 0.2) is 0 Å². The van der Waals surface area contributed by atoms with Crippen LogP contribution in [-0.4, -0.2) is 27.8 Å². The molecule has 1 aliphatic carbocycles. The van der Waals surface area contributed by atoms with Crippen molar-refractivity contribution in [1.29, 1.82) is 0 Å². The van der Waals surface area contributed by atoms with Crippen molar-refractivity contribution in [3.8, 4) is 5.69 Å². The SMILES string of the molecule is Cc1cnn(-c2ccc(C(=O)NC3CCC(N)CC3)cc2)c1. The van der Waals surface area contributed by atoms with Gasteiger partial charge >= 0.3 is 0 Å². The predicted molar refractivity (Wildman–Crippen MR) is 86.0 cm³/mol. The summed E-state index contributed by atoms with van der Waals surface area (Å²) in [6.45, 7) is 2.00. The third kappa shape index (κ3) is 3.36. The zero-order chi connectivity index (χ0) is 15.5. The second kappa shape index (κ2) is 6.32. The molecule has 1 aromatic carbocycles. The lowest BCUT2D eigenvalue weighted by atomic mass is 9.91. The van der Waals surface area contributed by atoms with Gasteiger partial charge in [-0.1, -0.05) is 0 Å². The number of carbonyl (C=O) groups excluding carboxylic acids is 1. The fourth-order valence-corrected chi connectivity index (χ4v) is 2.85. The fraction of sp³-hybridized carbons (Fsp3) is 0.412. The van der Waals surface area contributed by atoms with Crippen LogP contribution in [0.3, 0.4) is 0 Å². The number of nitrogens with two attached hydrogens (primary N) is 1. The third-order valence-electron chi connectivity index (χ3n) is 4.21. The first-order valence-electron chi connectivity index (χ1n) is 7.80. The molecule has 1 heterocycles. The molecule has 1 saturated carbocycles. The van der Waals surface area contributed by atoms with Gasteiger partial charge in [-0.2, -0.15) is 5.10 Å². The molecule has 22 heavy (non-hydrogen) atoms. The molecule has 0 atom stereocenters. The Hall–Kier alpha value is -2.14. The molecule has 0 spiro atoms. The summed E-state index contributed by atoms with van der Waals surface area (Å²) in [6, 6.07) is 8.06. The molecule has 2 aromatic rings. The van der Waals surface area contributed by atoms with Crippen LogP contribution in [0.15, 0.2) is 36.7 Å². The summed E-state index contributed by atoms with van der Waals surface area (Å²) in [6.07, 6.45) is 7.69. The van der Waals surface area contributed by atoms with Crippen LogP contribution in [0, 0.1) is 6.92 Å². The molecule has 0 aliphatic heterocycles. The van der Waals surface area contributed by atoms with Gasteiger partial charge in [-0.05, 0) is 62.4 Å². The number of carbonyl (C=O) groups is 1. The lowest BCUT2D eigenvalue weighted by molar-refractivity contribution is 0.0926. The number of nitrogens with one attached hydrogen (secondary N) is 1. The highest BCUT2D eigenvalue weighted by molar-refractivity contribution is 5.94. The molecule has 5 heteroatoms. The Morgan fingerprint density at radius 3 is 2.50 bits per heavy atom. The quantitative estimate of drug-likeness (QED) is 0.912. The molecule has 5 nitrogen and oxygen atoms in total. The van der Waals surface area contributed by atoms with E-state index in [0.717, 1.165) is 36.9 Å². The molecule has 3 rings (SSSR count). The van der Waals surface area contributed by atoms with Crippen LogP contribution in [-0.2, 0) is 0 Å². The number of amides is 1. The van der Waals surface area contributed by atoms with Crippen LogP contribution >= 0.6 is 0 Å². The van der Waals surface area contributed by atoms with Crippen molar-refractivity contribution >= 4 is 5.91 Å². The van der Waals surface area contributed by atoms with E-state index in [1.165, 1.54) is 0 Å². The van der Waals surface area contributed by atoms with Crippen LogP contribution in [0.2, 0.25) is 0 Å². The van der Waals surface area contributed by atoms with Crippen molar-refractivity contribution in [2.45, 2.75) is 44.7 Å². The standard InChI is InChI=1S/C17H22N4O/c1-12-10-19-21(11-12)16-8-2-13(3-9-16)17(22)20-15-6-4-14(18)5-7-15/h2-3,8-11,14-15H,4-7,18H2,1H3,(H,20,22). The van der Waals surface area contributed by atoms with E-state index in [2.05, 4.69) is 10.4 Å². The van der Waals surface area contributed by atoms with E-state index >= 15 is 0 Å². The lowest BCUT2D eigenvalue weighted by Gasteiger charge is -2.26. The highest BCUT2D eigenvalue weighted by Gasteiger charge is 2.20. The average molecular weight is 298 g/mol. The molecular formula is C17H22N4O. The topological polar surface area (TPSA) is 72.9 Å². The molecule has 0 radical (unpaired) electrons. The van der Waals surface area contributed by atoms with Gasteiger partial charge < -0.3 is 11.1 Å². The molecule has 0 saturated heterocycles. The Bertz CT molecular complexity index is 639.